The van der Waals surface area contributed by atoms with Crippen LogP contribution < -0.4 is 10.5 Å². The minimum absolute atomic E-state index is 0.0720. The molecular weight excluding hydrogens is 538 g/mol. The number of benzene rings is 1. The van der Waals surface area contributed by atoms with Crippen molar-refractivity contribution in [3.05, 3.63) is 52.8 Å². The van der Waals surface area contributed by atoms with Crippen LogP contribution in [0.3, 0.4) is 0 Å². The smallest absolute Gasteiger partial charge is 0.333 e. The van der Waals surface area contributed by atoms with Gasteiger partial charge >= 0.3 is 12.5 Å². The number of carbonyl (C=O) groups excluding carboxylic acids is 1. The van der Waals surface area contributed by atoms with Gasteiger partial charge in [0.1, 0.15) is 35.9 Å². The number of hydrogen-bond donors (Lipinski definition) is 1. The zero-order valence-electron chi connectivity index (χ0n) is 21.3. The molecule has 0 radical (unpaired) electrons. The molecule has 1 fully saturated rings. The van der Waals surface area contributed by atoms with Crippen molar-refractivity contribution in [1.82, 2.24) is 24.6 Å². The van der Waals surface area contributed by atoms with Crippen LogP contribution in [0.1, 0.15) is 17.7 Å². The Kier molecular flexibility index (Phi) is 9.98. The number of ether oxygens (including phenoxy) is 4. The zero-order valence-corrected chi connectivity index (χ0v) is 22.0. The second kappa shape index (κ2) is 13.6. The molecule has 1 saturated heterocycles. The summed E-state index contributed by atoms with van der Waals surface area (Å²) in [5.41, 5.74) is 7.38. The summed E-state index contributed by atoms with van der Waals surface area (Å²) < 4.78 is 49.3. The molecule has 1 atom stereocenters. The first-order valence-electron chi connectivity index (χ1n) is 12.2. The average molecular weight is 567 g/mol. The minimum Gasteiger partial charge on any atom is -0.492 e. The first-order valence-corrected chi connectivity index (χ1v) is 12.6. The van der Waals surface area contributed by atoms with Gasteiger partial charge in [-0.25, -0.2) is 14.6 Å². The molecule has 210 valence electrons. The fourth-order valence-electron chi connectivity index (χ4n) is 4.14. The standard InChI is InChI=1S/C25H29ClF2N6O5/c1-36-10-11-39-23(35)19-15-37-8-6-33(19)7-9-38-20-5-3-2-4-16(20)12-17-14-34(24(27)28)32-22(17)18-13-21(26)31-25(29)30-18/h2-5,13-14,19,24H,6-12,15H2,1H3,(H2,29,30,31)/t19-/m0/s1. The van der Waals surface area contributed by atoms with E-state index in [1.54, 1.807) is 6.07 Å². The third-order valence-electron chi connectivity index (χ3n) is 6.00. The van der Waals surface area contributed by atoms with Gasteiger partial charge in [-0.15, -0.1) is 0 Å². The van der Waals surface area contributed by atoms with E-state index >= 15 is 0 Å². The van der Waals surface area contributed by atoms with Crippen LogP contribution in [0.4, 0.5) is 14.7 Å². The maximum Gasteiger partial charge on any atom is 0.333 e. The van der Waals surface area contributed by atoms with Crippen LogP contribution in [0.15, 0.2) is 36.5 Å². The zero-order chi connectivity index (χ0) is 27.8. The van der Waals surface area contributed by atoms with Crippen LogP contribution in [-0.4, -0.2) is 89.9 Å². The van der Waals surface area contributed by atoms with E-state index in [4.69, 9.17) is 36.3 Å². The Balaban J connectivity index is 1.47. The number of morpholine rings is 1. The molecule has 1 aliphatic rings. The Morgan fingerprint density at radius 3 is 2.82 bits per heavy atom. The lowest BCUT2D eigenvalue weighted by Crippen LogP contribution is -2.51. The molecule has 0 spiro atoms. The summed E-state index contributed by atoms with van der Waals surface area (Å²) in [6.45, 7) is -0.355. The topological polar surface area (TPSA) is 127 Å². The Morgan fingerprint density at radius 2 is 2.05 bits per heavy atom. The average Bonchev–Trinajstić information content (AvgIpc) is 3.34. The van der Waals surface area contributed by atoms with Crippen molar-refractivity contribution in [3.8, 4) is 17.1 Å². The molecule has 0 aliphatic carbocycles. The van der Waals surface area contributed by atoms with Gasteiger partial charge in [0.15, 0.2) is 0 Å². The van der Waals surface area contributed by atoms with Crippen molar-refractivity contribution in [1.29, 1.82) is 0 Å². The number of halogens is 3. The van der Waals surface area contributed by atoms with Crippen molar-refractivity contribution < 1.29 is 32.5 Å². The maximum atomic E-state index is 13.5. The van der Waals surface area contributed by atoms with Gasteiger partial charge in [-0.05, 0) is 11.6 Å². The van der Waals surface area contributed by atoms with Crippen LogP contribution in [0, 0.1) is 0 Å². The van der Waals surface area contributed by atoms with Crippen molar-refractivity contribution in [2.75, 3.05) is 59.0 Å². The van der Waals surface area contributed by atoms with Crippen LogP contribution in [0.25, 0.3) is 11.4 Å². The second-order valence-electron chi connectivity index (χ2n) is 8.61. The molecule has 0 saturated carbocycles. The Hall–Kier alpha value is -3.39. The molecular formula is C25H29ClF2N6O5. The highest BCUT2D eigenvalue weighted by molar-refractivity contribution is 6.29. The van der Waals surface area contributed by atoms with Gasteiger partial charge in [0, 0.05) is 44.4 Å². The van der Waals surface area contributed by atoms with E-state index in [2.05, 4.69) is 15.1 Å². The normalized spacial score (nSPS) is 16.0. The summed E-state index contributed by atoms with van der Waals surface area (Å²) in [6.07, 6.45) is 1.49. The van der Waals surface area contributed by atoms with Gasteiger partial charge in [0.25, 0.3) is 0 Å². The summed E-state index contributed by atoms with van der Waals surface area (Å²) in [6, 6.07) is 8.16. The van der Waals surface area contributed by atoms with Crippen molar-refractivity contribution in [2.45, 2.75) is 19.0 Å². The van der Waals surface area contributed by atoms with Crippen molar-refractivity contribution in [2.24, 2.45) is 0 Å². The number of carbonyl (C=O) groups is 1. The molecule has 1 aromatic carbocycles. The molecule has 3 aromatic rings. The lowest BCUT2D eigenvalue weighted by Gasteiger charge is -2.33. The van der Waals surface area contributed by atoms with Crippen molar-refractivity contribution in [3.63, 3.8) is 0 Å². The van der Waals surface area contributed by atoms with E-state index < -0.39 is 12.6 Å². The van der Waals surface area contributed by atoms with Crippen LogP contribution in [-0.2, 0) is 25.4 Å². The van der Waals surface area contributed by atoms with Crippen LogP contribution in [0.2, 0.25) is 5.15 Å². The van der Waals surface area contributed by atoms with Gasteiger partial charge in [0.2, 0.25) is 5.95 Å². The van der Waals surface area contributed by atoms with Crippen LogP contribution in [0.5, 0.6) is 5.75 Å². The number of nitrogens with two attached hydrogens (primary N) is 1. The van der Waals surface area contributed by atoms with E-state index in [9.17, 15) is 13.6 Å². The largest absolute Gasteiger partial charge is 0.492 e. The SMILES string of the molecule is COCCOC(=O)[C@@H]1COCCN1CCOc1ccccc1Cc1cn(C(F)F)nc1-c1cc(Cl)nc(N)n1. The number of para-hydroxylation sites is 1. The summed E-state index contributed by atoms with van der Waals surface area (Å²) in [5, 5.41) is 4.09. The van der Waals surface area contributed by atoms with Crippen LogP contribution >= 0.6 is 11.6 Å². The molecule has 14 heteroatoms. The molecule has 2 N–H and O–H groups in total. The number of methoxy groups -OCH3 is 1. The fraction of sp³-hybridized carbons (Fsp3) is 0.440. The number of aromatic nitrogens is 4. The third-order valence-corrected chi connectivity index (χ3v) is 6.19. The van der Waals surface area contributed by atoms with Crippen molar-refractivity contribution >= 4 is 23.5 Å². The molecule has 0 unspecified atom stereocenters. The lowest BCUT2D eigenvalue weighted by molar-refractivity contribution is -0.157. The first kappa shape index (κ1) is 28.6. The Labute approximate surface area is 228 Å². The highest BCUT2D eigenvalue weighted by Crippen LogP contribution is 2.29. The predicted molar refractivity (Wildman–Crippen MR) is 138 cm³/mol. The summed E-state index contributed by atoms with van der Waals surface area (Å²) >= 11 is 6.01. The number of hydrogen-bond acceptors (Lipinski definition) is 10. The van der Waals surface area contributed by atoms with E-state index in [-0.39, 0.29) is 54.7 Å². The van der Waals surface area contributed by atoms with E-state index in [1.807, 2.05) is 23.1 Å². The number of rotatable bonds is 12. The predicted octanol–water partition coefficient (Wildman–Crippen LogP) is 2.83. The highest BCUT2D eigenvalue weighted by Gasteiger charge is 2.30. The Bertz CT molecular complexity index is 1240. The third kappa shape index (κ3) is 7.60. The molecule has 3 heterocycles. The minimum atomic E-state index is -2.85. The first-order chi connectivity index (χ1) is 18.9. The monoisotopic (exact) mass is 566 g/mol. The fourth-order valence-corrected chi connectivity index (χ4v) is 4.33. The molecule has 0 amide bonds. The number of nitrogen functional groups attached to an aromatic ring is 1. The van der Waals surface area contributed by atoms with Gasteiger partial charge in [-0.2, -0.15) is 13.9 Å². The van der Waals surface area contributed by atoms with Gasteiger partial charge in [-0.1, -0.05) is 29.8 Å². The second-order valence-corrected chi connectivity index (χ2v) is 9.00. The van der Waals surface area contributed by atoms with Gasteiger partial charge in [-0.3, -0.25) is 9.69 Å². The molecule has 39 heavy (non-hydrogen) atoms. The van der Waals surface area contributed by atoms with Gasteiger partial charge in [0.05, 0.1) is 25.5 Å². The summed E-state index contributed by atoms with van der Waals surface area (Å²) in [7, 11) is 1.53. The van der Waals surface area contributed by atoms with E-state index in [1.165, 1.54) is 19.4 Å². The molecule has 0 bridgehead atoms. The molecule has 11 nitrogen and oxygen atoms in total. The molecule has 2 aromatic heterocycles. The molecule has 1 aliphatic heterocycles. The van der Waals surface area contributed by atoms with E-state index in [0.717, 1.165) is 5.56 Å². The summed E-state index contributed by atoms with van der Waals surface area (Å²) in [4.78, 5) is 22.4. The summed E-state index contributed by atoms with van der Waals surface area (Å²) in [5.74, 6) is 0.102. The van der Waals surface area contributed by atoms with E-state index in [0.29, 0.717) is 42.3 Å². The maximum absolute atomic E-state index is 13.5. The number of anilines is 1. The lowest BCUT2D eigenvalue weighted by atomic mass is 10.0. The number of nitrogens with zero attached hydrogens (tertiary/aromatic N) is 5. The quantitative estimate of drug-likeness (QED) is 0.199. The number of alkyl halides is 2. The highest BCUT2D eigenvalue weighted by atomic mass is 35.5. The number of esters is 1. The molecule has 4 rings (SSSR count). The Morgan fingerprint density at radius 1 is 1.23 bits per heavy atom. The van der Waals surface area contributed by atoms with Gasteiger partial charge < -0.3 is 24.7 Å².